The number of hydrogen-bond acceptors (Lipinski definition) is 1. The molecule has 1 unspecified atom stereocenters. The first-order valence-electron chi connectivity index (χ1n) is 6.27. The van der Waals surface area contributed by atoms with E-state index in [1.54, 1.807) is 25.2 Å². The summed E-state index contributed by atoms with van der Waals surface area (Å²) in [5.74, 6) is -1.04. The predicted octanol–water partition coefficient (Wildman–Crippen LogP) is 3.80. The third-order valence-electron chi connectivity index (χ3n) is 3.33. The largest absolute Gasteiger partial charge is 0.335 e. The lowest BCUT2D eigenvalue weighted by Gasteiger charge is -2.25. The molecule has 104 valence electrons. The van der Waals surface area contributed by atoms with Crippen LogP contribution in [0.3, 0.4) is 0 Å². The number of benzene rings is 2. The summed E-state index contributed by atoms with van der Waals surface area (Å²) in [6.45, 7) is 1.84. The average Bonchev–Trinajstić information content (AvgIpc) is 2.46. The van der Waals surface area contributed by atoms with Crippen LogP contribution < -0.4 is 0 Å². The Balaban J connectivity index is 2.20. The molecule has 0 N–H and O–H groups in total. The van der Waals surface area contributed by atoms with Crippen LogP contribution in [-0.4, -0.2) is 17.9 Å². The molecule has 0 aliphatic carbocycles. The second kappa shape index (κ2) is 5.82. The summed E-state index contributed by atoms with van der Waals surface area (Å²) in [5.41, 5.74) is 1.11. The quantitative estimate of drug-likeness (QED) is 0.834. The summed E-state index contributed by atoms with van der Waals surface area (Å²) in [5, 5.41) is 0. The SMILES string of the molecule is CC(c1ccc(F)cc1)N(C)C(=O)c1cccc(F)c1. The molecule has 0 spiro atoms. The molecule has 2 aromatic rings. The lowest BCUT2D eigenvalue weighted by molar-refractivity contribution is 0.0742. The Labute approximate surface area is 116 Å². The fourth-order valence-corrected chi connectivity index (χ4v) is 1.97. The van der Waals surface area contributed by atoms with Gasteiger partial charge in [-0.15, -0.1) is 0 Å². The molecule has 0 bridgehead atoms. The molecule has 20 heavy (non-hydrogen) atoms. The average molecular weight is 275 g/mol. The molecule has 0 radical (unpaired) electrons. The van der Waals surface area contributed by atoms with Gasteiger partial charge in [-0.1, -0.05) is 18.2 Å². The Hall–Kier alpha value is -2.23. The van der Waals surface area contributed by atoms with Crippen molar-refractivity contribution in [2.75, 3.05) is 7.05 Å². The molecule has 0 saturated heterocycles. The van der Waals surface area contributed by atoms with Gasteiger partial charge in [-0.3, -0.25) is 4.79 Å². The highest BCUT2D eigenvalue weighted by Crippen LogP contribution is 2.21. The van der Waals surface area contributed by atoms with Crippen LogP contribution in [0.2, 0.25) is 0 Å². The summed E-state index contributed by atoms with van der Waals surface area (Å²) in [6, 6.07) is 11.3. The number of carbonyl (C=O) groups is 1. The second-order valence-electron chi connectivity index (χ2n) is 4.65. The van der Waals surface area contributed by atoms with Gasteiger partial charge in [0.25, 0.3) is 5.91 Å². The Bertz CT molecular complexity index is 610. The van der Waals surface area contributed by atoms with Crippen molar-refractivity contribution in [3.63, 3.8) is 0 Å². The highest BCUT2D eigenvalue weighted by atomic mass is 19.1. The Kier molecular flexibility index (Phi) is 4.13. The van der Waals surface area contributed by atoms with Gasteiger partial charge in [-0.05, 0) is 42.8 Å². The maximum Gasteiger partial charge on any atom is 0.254 e. The normalized spacial score (nSPS) is 12.0. The zero-order valence-corrected chi connectivity index (χ0v) is 11.3. The number of nitrogens with zero attached hydrogens (tertiary/aromatic N) is 1. The molecule has 0 aliphatic heterocycles. The third kappa shape index (κ3) is 3.02. The molecule has 0 fully saturated rings. The Morgan fingerprint density at radius 3 is 2.30 bits per heavy atom. The molecule has 1 atom stereocenters. The van der Waals surface area contributed by atoms with E-state index in [0.29, 0.717) is 5.56 Å². The summed E-state index contributed by atoms with van der Waals surface area (Å²) in [6.07, 6.45) is 0. The van der Waals surface area contributed by atoms with Gasteiger partial charge < -0.3 is 4.90 Å². The van der Waals surface area contributed by atoms with Crippen LogP contribution in [-0.2, 0) is 0 Å². The minimum Gasteiger partial charge on any atom is -0.335 e. The van der Waals surface area contributed by atoms with Crippen LogP contribution >= 0.6 is 0 Å². The smallest absolute Gasteiger partial charge is 0.254 e. The first-order valence-corrected chi connectivity index (χ1v) is 6.27. The molecule has 2 nitrogen and oxygen atoms in total. The van der Waals surface area contributed by atoms with Gasteiger partial charge in [0.1, 0.15) is 11.6 Å². The summed E-state index contributed by atoms with van der Waals surface area (Å²) in [4.78, 5) is 13.8. The summed E-state index contributed by atoms with van der Waals surface area (Å²) < 4.78 is 26.0. The van der Waals surface area contributed by atoms with Crippen LogP contribution in [0.4, 0.5) is 8.78 Å². The first kappa shape index (κ1) is 14.2. The molecule has 0 heterocycles. The molecular formula is C16H15F2NO. The van der Waals surface area contributed by atoms with E-state index >= 15 is 0 Å². The number of amides is 1. The van der Waals surface area contributed by atoms with E-state index in [2.05, 4.69) is 0 Å². The van der Waals surface area contributed by atoms with Gasteiger partial charge in [0, 0.05) is 12.6 Å². The molecule has 0 saturated carbocycles. The van der Waals surface area contributed by atoms with Crippen molar-refractivity contribution in [3.8, 4) is 0 Å². The van der Waals surface area contributed by atoms with Crippen molar-refractivity contribution in [2.24, 2.45) is 0 Å². The lowest BCUT2D eigenvalue weighted by atomic mass is 10.1. The van der Waals surface area contributed by atoms with Crippen LogP contribution in [0, 0.1) is 11.6 Å². The van der Waals surface area contributed by atoms with Gasteiger partial charge in [-0.2, -0.15) is 0 Å². The van der Waals surface area contributed by atoms with E-state index in [4.69, 9.17) is 0 Å². The maximum absolute atomic E-state index is 13.1. The van der Waals surface area contributed by atoms with Crippen molar-refractivity contribution in [2.45, 2.75) is 13.0 Å². The topological polar surface area (TPSA) is 20.3 Å². The predicted molar refractivity (Wildman–Crippen MR) is 73.3 cm³/mol. The molecular weight excluding hydrogens is 260 g/mol. The first-order chi connectivity index (χ1) is 9.49. The fraction of sp³-hybridized carbons (Fsp3) is 0.188. The molecule has 2 rings (SSSR count). The van der Waals surface area contributed by atoms with Crippen molar-refractivity contribution in [1.29, 1.82) is 0 Å². The number of rotatable bonds is 3. The fourth-order valence-electron chi connectivity index (χ4n) is 1.97. The highest BCUT2D eigenvalue weighted by molar-refractivity contribution is 5.94. The van der Waals surface area contributed by atoms with Gasteiger partial charge >= 0.3 is 0 Å². The Morgan fingerprint density at radius 1 is 1.05 bits per heavy atom. The lowest BCUT2D eigenvalue weighted by Crippen LogP contribution is -2.29. The maximum atomic E-state index is 13.1. The zero-order chi connectivity index (χ0) is 14.7. The minimum absolute atomic E-state index is 0.230. The third-order valence-corrected chi connectivity index (χ3v) is 3.33. The number of halogens is 2. The van der Waals surface area contributed by atoms with Crippen molar-refractivity contribution >= 4 is 5.91 Å². The molecule has 4 heteroatoms. The summed E-state index contributed by atoms with van der Waals surface area (Å²) in [7, 11) is 1.64. The van der Waals surface area contributed by atoms with Crippen LogP contribution in [0.25, 0.3) is 0 Å². The van der Waals surface area contributed by atoms with E-state index in [1.807, 2.05) is 6.92 Å². The number of carbonyl (C=O) groups excluding carboxylic acids is 1. The molecule has 0 aliphatic rings. The minimum atomic E-state index is -0.446. The monoisotopic (exact) mass is 275 g/mol. The van der Waals surface area contributed by atoms with E-state index < -0.39 is 5.82 Å². The standard InChI is InChI=1S/C16H15F2NO/c1-11(12-6-8-14(17)9-7-12)19(2)16(20)13-4-3-5-15(18)10-13/h3-11H,1-2H3. The summed E-state index contributed by atoms with van der Waals surface area (Å²) >= 11 is 0. The van der Waals surface area contributed by atoms with Crippen LogP contribution in [0.5, 0.6) is 0 Å². The second-order valence-corrected chi connectivity index (χ2v) is 4.65. The van der Waals surface area contributed by atoms with Crippen LogP contribution in [0.15, 0.2) is 48.5 Å². The number of hydrogen-bond donors (Lipinski definition) is 0. The van der Waals surface area contributed by atoms with Crippen LogP contribution in [0.1, 0.15) is 28.9 Å². The van der Waals surface area contributed by atoms with Gasteiger partial charge in [-0.25, -0.2) is 8.78 Å². The van der Waals surface area contributed by atoms with E-state index in [1.165, 1.54) is 35.2 Å². The molecule has 0 aromatic heterocycles. The molecule has 2 aromatic carbocycles. The van der Waals surface area contributed by atoms with E-state index in [0.717, 1.165) is 5.56 Å². The van der Waals surface area contributed by atoms with Gasteiger partial charge in [0.05, 0.1) is 6.04 Å². The Morgan fingerprint density at radius 2 is 1.70 bits per heavy atom. The van der Waals surface area contributed by atoms with Crippen molar-refractivity contribution < 1.29 is 13.6 Å². The zero-order valence-electron chi connectivity index (χ0n) is 11.3. The van der Waals surface area contributed by atoms with Crippen molar-refractivity contribution in [1.82, 2.24) is 4.90 Å². The highest BCUT2D eigenvalue weighted by Gasteiger charge is 2.19. The van der Waals surface area contributed by atoms with E-state index in [-0.39, 0.29) is 17.8 Å². The molecule has 1 amide bonds. The van der Waals surface area contributed by atoms with Gasteiger partial charge in [0.15, 0.2) is 0 Å². The van der Waals surface area contributed by atoms with Crippen molar-refractivity contribution in [3.05, 3.63) is 71.3 Å². The van der Waals surface area contributed by atoms with Gasteiger partial charge in [0.2, 0.25) is 0 Å². The van der Waals surface area contributed by atoms with E-state index in [9.17, 15) is 13.6 Å².